The predicted molar refractivity (Wildman–Crippen MR) is 76.1 cm³/mol. The highest BCUT2D eigenvalue weighted by Gasteiger charge is 2.38. The van der Waals surface area contributed by atoms with E-state index in [4.69, 9.17) is 0 Å². The van der Waals surface area contributed by atoms with E-state index in [1.807, 2.05) is 54.0 Å². The Hall–Kier alpha value is -1.39. The van der Waals surface area contributed by atoms with Gasteiger partial charge in [0.25, 0.3) is 0 Å². The first-order chi connectivity index (χ1) is 8.89. The molecule has 1 aromatic rings. The van der Waals surface area contributed by atoms with Crippen molar-refractivity contribution >= 4 is 11.6 Å². The van der Waals surface area contributed by atoms with Gasteiger partial charge in [0.2, 0.25) is 5.91 Å². The third kappa shape index (κ3) is 3.33. The average Bonchev–Trinajstić information content (AvgIpc) is 2.27. The van der Waals surface area contributed by atoms with Crippen LogP contribution in [0.5, 0.6) is 0 Å². The maximum atomic E-state index is 12.4. The molecule has 2 rings (SSSR count). The van der Waals surface area contributed by atoms with Crippen molar-refractivity contribution in [2.75, 3.05) is 24.5 Å². The fourth-order valence-corrected chi connectivity index (χ4v) is 2.62. The van der Waals surface area contributed by atoms with E-state index in [2.05, 4.69) is 0 Å². The third-order valence-corrected chi connectivity index (χ3v) is 3.31. The summed E-state index contributed by atoms with van der Waals surface area (Å²) in [5.41, 5.74) is 0.296. The fraction of sp³-hybridized carbons (Fsp3) is 0.533. The van der Waals surface area contributed by atoms with Gasteiger partial charge in [-0.05, 0) is 32.9 Å². The van der Waals surface area contributed by atoms with Gasteiger partial charge >= 0.3 is 0 Å². The molecule has 0 saturated carbocycles. The zero-order valence-electron chi connectivity index (χ0n) is 11.8. The molecule has 0 unspecified atom stereocenters. The van der Waals surface area contributed by atoms with E-state index in [-0.39, 0.29) is 11.9 Å². The Morgan fingerprint density at radius 2 is 1.95 bits per heavy atom. The normalized spacial score (nSPS) is 18.2. The summed E-state index contributed by atoms with van der Waals surface area (Å²) < 4.78 is 0. The molecule has 0 atom stereocenters. The molecule has 0 radical (unpaired) electrons. The second-order valence-corrected chi connectivity index (χ2v) is 5.84. The second kappa shape index (κ2) is 5.31. The quantitative estimate of drug-likeness (QED) is 0.894. The molecule has 4 nitrogen and oxygen atoms in total. The second-order valence-electron chi connectivity index (χ2n) is 5.84. The summed E-state index contributed by atoms with van der Waals surface area (Å²) >= 11 is 0. The summed E-state index contributed by atoms with van der Waals surface area (Å²) in [6, 6.07) is 9.84. The summed E-state index contributed by atoms with van der Waals surface area (Å²) in [7, 11) is 0. The minimum atomic E-state index is -0.629. The van der Waals surface area contributed by atoms with Crippen LogP contribution in [0.25, 0.3) is 0 Å². The van der Waals surface area contributed by atoms with Crippen LogP contribution in [0.3, 0.4) is 0 Å². The number of carbonyl (C=O) groups excluding carboxylic acids is 1. The van der Waals surface area contributed by atoms with E-state index in [9.17, 15) is 9.90 Å². The number of likely N-dealkylation sites (tertiary alicyclic amines) is 1. The van der Waals surface area contributed by atoms with Crippen molar-refractivity contribution < 1.29 is 9.90 Å². The monoisotopic (exact) mass is 262 g/mol. The third-order valence-electron chi connectivity index (χ3n) is 3.31. The standard InChI is InChI=1S/C15H22N2O2/c1-12(2)17(13-7-5-4-6-8-13)14(18)9-16-10-15(3,19)11-16/h4-8,12,19H,9-11H2,1-3H3. The van der Waals surface area contributed by atoms with Crippen LogP contribution in [0, 0.1) is 0 Å². The van der Waals surface area contributed by atoms with Gasteiger partial charge in [-0.25, -0.2) is 0 Å². The van der Waals surface area contributed by atoms with Crippen molar-refractivity contribution in [3.63, 3.8) is 0 Å². The van der Waals surface area contributed by atoms with Crippen molar-refractivity contribution in [3.05, 3.63) is 30.3 Å². The zero-order valence-corrected chi connectivity index (χ0v) is 11.8. The first-order valence-electron chi connectivity index (χ1n) is 6.71. The number of benzene rings is 1. The van der Waals surface area contributed by atoms with E-state index in [1.54, 1.807) is 6.92 Å². The van der Waals surface area contributed by atoms with Crippen molar-refractivity contribution in [2.45, 2.75) is 32.4 Å². The number of nitrogens with zero attached hydrogens (tertiary/aromatic N) is 2. The number of anilines is 1. The van der Waals surface area contributed by atoms with Gasteiger partial charge in [0.1, 0.15) is 0 Å². The first-order valence-corrected chi connectivity index (χ1v) is 6.71. The maximum Gasteiger partial charge on any atom is 0.241 e. The summed E-state index contributed by atoms with van der Waals surface area (Å²) in [5.74, 6) is 0.0803. The smallest absolute Gasteiger partial charge is 0.241 e. The van der Waals surface area contributed by atoms with Gasteiger partial charge in [-0.2, -0.15) is 0 Å². The van der Waals surface area contributed by atoms with Crippen molar-refractivity contribution in [1.29, 1.82) is 0 Å². The van der Waals surface area contributed by atoms with Gasteiger partial charge in [-0.1, -0.05) is 18.2 Å². The highest BCUT2D eigenvalue weighted by atomic mass is 16.3. The Balaban J connectivity index is 2.02. The van der Waals surface area contributed by atoms with Crippen LogP contribution in [0.2, 0.25) is 0 Å². The molecule has 1 aliphatic heterocycles. The molecule has 0 spiro atoms. The van der Waals surface area contributed by atoms with Crippen LogP contribution < -0.4 is 4.90 Å². The summed E-state index contributed by atoms with van der Waals surface area (Å²) in [6.45, 7) is 7.32. The SMILES string of the molecule is CC(C)N(C(=O)CN1CC(C)(O)C1)c1ccccc1. The lowest BCUT2D eigenvalue weighted by Crippen LogP contribution is -2.62. The summed E-state index contributed by atoms with van der Waals surface area (Å²) in [4.78, 5) is 16.2. The molecule has 0 bridgehead atoms. The van der Waals surface area contributed by atoms with Gasteiger partial charge in [-0.15, -0.1) is 0 Å². The summed E-state index contributed by atoms with van der Waals surface area (Å²) in [5, 5.41) is 9.69. The minimum absolute atomic E-state index is 0.0803. The molecule has 1 N–H and O–H groups in total. The number of β-amino-alcohol motifs (C(OH)–C–C–N with tert-alkyl or cyclic N) is 1. The van der Waals surface area contributed by atoms with Crippen molar-refractivity contribution in [2.24, 2.45) is 0 Å². The fourth-order valence-electron chi connectivity index (χ4n) is 2.62. The molecular weight excluding hydrogens is 240 g/mol. The Morgan fingerprint density at radius 3 is 2.42 bits per heavy atom. The topological polar surface area (TPSA) is 43.8 Å². The lowest BCUT2D eigenvalue weighted by Gasteiger charge is -2.44. The van der Waals surface area contributed by atoms with Gasteiger partial charge < -0.3 is 10.0 Å². The van der Waals surface area contributed by atoms with E-state index >= 15 is 0 Å². The molecule has 0 aromatic heterocycles. The van der Waals surface area contributed by atoms with Crippen molar-refractivity contribution in [3.8, 4) is 0 Å². The molecule has 1 fully saturated rings. The van der Waals surface area contributed by atoms with Crippen LogP contribution in [0.4, 0.5) is 5.69 Å². The van der Waals surface area contributed by atoms with Crippen LogP contribution in [0.1, 0.15) is 20.8 Å². The average molecular weight is 262 g/mol. The Kier molecular flexibility index (Phi) is 3.92. The van der Waals surface area contributed by atoms with Gasteiger partial charge in [0.05, 0.1) is 12.1 Å². The first kappa shape index (κ1) is 14.0. The number of hydrogen-bond acceptors (Lipinski definition) is 3. The van der Waals surface area contributed by atoms with Gasteiger partial charge in [0, 0.05) is 24.8 Å². The molecule has 1 saturated heterocycles. The number of aliphatic hydroxyl groups is 1. The molecule has 1 amide bonds. The van der Waals surface area contributed by atoms with Crippen LogP contribution in [-0.4, -0.2) is 47.2 Å². The van der Waals surface area contributed by atoms with E-state index in [0.29, 0.717) is 19.6 Å². The molecule has 0 aliphatic carbocycles. The van der Waals surface area contributed by atoms with Gasteiger partial charge in [-0.3, -0.25) is 9.69 Å². The lowest BCUT2D eigenvalue weighted by atomic mass is 9.97. The number of hydrogen-bond donors (Lipinski definition) is 1. The number of para-hydroxylation sites is 1. The molecule has 4 heteroatoms. The Morgan fingerprint density at radius 1 is 1.37 bits per heavy atom. The molecule has 104 valence electrons. The van der Waals surface area contributed by atoms with E-state index in [0.717, 1.165) is 5.69 Å². The molecule has 1 aromatic carbocycles. The highest BCUT2D eigenvalue weighted by Crippen LogP contribution is 2.21. The van der Waals surface area contributed by atoms with Gasteiger partial charge in [0.15, 0.2) is 0 Å². The largest absolute Gasteiger partial charge is 0.388 e. The lowest BCUT2D eigenvalue weighted by molar-refractivity contribution is -0.128. The van der Waals surface area contributed by atoms with E-state index < -0.39 is 5.60 Å². The molecular formula is C15H22N2O2. The van der Waals surface area contributed by atoms with Crippen LogP contribution >= 0.6 is 0 Å². The number of amides is 1. The van der Waals surface area contributed by atoms with Crippen LogP contribution in [-0.2, 0) is 4.79 Å². The molecule has 1 heterocycles. The Labute approximate surface area is 114 Å². The minimum Gasteiger partial charge on any atom is -0.388 e. The molecule has 19 heavy (non-hydrogen) atoms. The zero-order chi connectivity index (χ0) is 14.0. The predicted octanol–water partition coefficient (Wildman–Crippen LogP) is 1.49. The molecule has 1 aliphatic rings. The highest BCUT2D eigenvalue weighted by molar-refractivity contribution is 5.95. The maximum absolute atomic E-state index is 12.4. The summed E-state index contributed by atoms with van der Waals surface area (Å²) in [6.07, 6.45) is 0. The van der Waals surface area contributed by atoms with Crippen LogP contribution in [0.15, 0.2) is 30.3 Å². The number of carbonyl (C=O) groups is 1. The van der Waals surface area contributed by atoms with E-state index in [1.165, 1.54) is 0 Å². The Bertz CT molecular complexity index is 435. The van der Waals surface area contributed by atoms with Crippen molar-refractivity contribution in [1.82, 2.24) is 4.90 Å². The number of rotatable bonds is 4.